The number of carbonyl (C=O) groups excluding carboxylic acids is 2. The summed E-state index contributed by atoms with van der Waals surface area (Å²) >= 11 is 0. The molecule has 0 N–H and O–H groups in total. The van der Waals surface area contributed by atoms with Gasteiger partial charge in [-0.05, 0) is 12.5 Å². The molecule has 0 spiro atoms. The second kappa shape index (κ2) is 5.24. The molecule has 0 saturated carbocycles. The third-order valence-electron chi connectivity index (χ3n) is 1.86. The topological polar surface area (TPSA) is 43.4 Å². The summed E-state index contributed by atoms with van der Waals surface area (Å²) in [6.07, 6.45) is -1.13. The molecule has 15 heavy (non-hydrogen) atoms. The Kier molecular flexibility index (Phi) is 3.97. The Morgan fingerprint density at radius 1 is 1.47 bits per heavy atom. The Balaban J connectivity index is 2.77. The van der Waals surface area contributed by atoms with Gasteiger partial charge in [-0.15, -0.1) is 0 Å². The zero-order valence-electron chi connectivity index (χ0n) is 8.27. The smallest absolute Gasteiger partial charge is 0.345 e. The average Bonchev–Trinajstić information content (AvgIpc) is 2.28. The van der Waals surface area contributed by atoms with E-state index in [2.05, 4.69) is 4.74 Å². The number of aldehydes is 1. The highest BCUT2D eigenvalue weighted by Crippen LogP contribution is 2.19. The van der Waals surface area contributed by atoms with Crippen molar-refractivity contribution in [3.8, 4) is 0 Å². The van der Waals surface area contributed by atoms with Gasteiger partial charge in [0.15, 0.2) is 0 Å². The molecule has 1 rings (SSSR count). The summed E-state index contributed by atoms with van der Waals surface area (Å²) in [7, 11) is 0. The molecule has 3 nitrogen and oxygen atoms in total. The fraction of sp³-hybridized carbons (Fsp3) is 0.273. The SMILES string of the molecule is CCOC(=O)C(F)c1ccc(C=O)cc1. The van der Waals surface area contributed by atoms with Crippen molar-refractivity contribution in [3.63, 3.8) is 0 Å². The molecular formula is C11H11FO3. The van der Waals surface area contributed by atoms with Crippen LogP contribution >= 0.6 is 0 Å². The third kappa shape index (κ3) is 2.87. The van der Waals surface area contributed by atoms with Crippen LogP contribution in [0.5, 0.6) is 0 Å². The van der Waals surface area contributed by atoms with Crippen LogP contribution in [0, 0.1) is 0 Å². The summed E-state index contributed by atoms with van der Waals surface area (Å²) in [4.78, 5) is 21.4. The maximum absolute atomic E-state index is 13.4. The van der Waals surface area contributed by atoms with Gasteiger partial charge in [0.25, 0.3) is 0 Å². The van der Waals surface area contributed by atoms with E-state index in [4.69, 9.17) is 0 Å². The zero-order valence-corrected chi connectivity index (χ0v) is 8.27. The highest BCUT2D eigenvalue weighted by molar-refractivity contribution is 5.78. The Bertz CT molecular complexity index is 345. The minimum Gasteiger partial charge on any atom is -0.464 e. The van der Waals surface area contributed by atoms with Crippen molar-refractivity contribution in [1.29, 1.82) is 0 Å². The summed E-state index contributed by atoms with van der Waals surface area (Å²) in [5.41, 5.74) is 0.633. The Morgan fingerprint density at radius 2 is 2.07 bits per heavy atom. The molecule has 0 aromatic heterocycles. The van der Waals surface area contributed by atoms with Crippen molar-refractivity contribution in [2.45, 2.75) is 13.1 Å². The fourth-order valence-electron chi connectivity index (χ4n) is 1.10. The molecule has 0 fully saturated rings. The number of rotatable bonds is 4. The largest absolute Gasteiger partial charge is 0.464 e. The lowest BCUT2D eigenvalue weighted by atomic mass is 10.1. The molecule has 1 atom stereocenters. The van der Waals surface area contributed by atoms with Gasteiger partial charge in [-0.25, -0.2) is 9.18 Å². The summed E-state index contributed by atoms with van der Waals surface area (Å²) < 4.78 is 17.9. The maximum Gasteiger partial charge on any atom is 0.345 e. The molecule has 0 heterocycles. The van der Waals surface area contributed by atoms with Crippen LogP contribution in [0.4, 0.5) is 4.39 Å². The molecule has 1 aromatic rings. The standard InChI is InChI=1S/C11H11FO3/c1-2-15-11(14)10(12)9-5-3-8(7-13)4-6-9/h3-7,10H,2H2,1H3. The molecule has 4 heteroatoms. The van der Waals surface area contributed by atoms with E-state index >= 15 is 0 Å². The summed E-state index contributed by atoms with van der Waals surface area (Å²) in [6.45, 7) is 1.76. The number of hydrogen-bond acceptors (Lipinski definition) is 3. The first-order valence-electron chi connectivity index (χ1n) is 4.55. The van der Waals surface area contributed by atoms with Crippen LogP contribution in [-0.2, 0) is 9.53 Å². The van der Waals surface area contributed by atoms with Crippen molar-refractivity contribution in [1.82, 2.24) is 0 Å². The van der Waals surface area contributed by atoms with Gasteiger partial charge in [0.2, 0.25) is 6.17 Å². The van der Waals surface area contributed by atoms with Crippen LogP contribution in [0.2, 0.25) is 0 Å². The highest BCUT2D eigenvalue weighted by Gasteiger charge is 2.20. The van der Waals surface area contributed by atoms with E-state index in [0.29, 0.717) is 11.8 Å². The molecule has 80 valence electrons. The number of esters is 1. The predicted octanol–water partition coefficient (Wildman–Crippen LogP) is 2.07. The van der Waals surface area contributed by atoms with Crippen molar-refractivity contribution in [2.75, 3.05) is 6.61 Å². The molecule has 0 amide bonds. The van der Waals surface area contributed by atoms with Crippen LogP contribution in [0.1, 0.15) is 29.0 Å². The molecule has 1 unspecified atom stereocenters. The minimum atomic E-state index is -1.79. The molecule has 0 bridgehead atoms. The van der Waals surface area contributed by atoms with E-state index in [1.54, 1.807) is 6.92 Å². The van der Waals surface area contributed by atoms with Crippen molar-refractivity contribution in [3.05, 3.63) is 35.4 Å². The minimum absolute atomic E-state index is 0.145. The first-order valence-corrected chi connectivity index (χ1v) is 4.55. The lowest BCUT2D eigenvalue weighted by Gasteiger charge is -2.07. The second-order valence-electron chi connectivity index (χ2n) is 2.90. The van der Waals surface area contributed by atoms with Crippen LogP contribution < -0.4 is 0 Å². The van der Waals surface area contributed by atoms with Gasteiger partial charge in [0.05, 0.1) is 6.61 Å². The quantitative estimate of drug-likeness (QED) is 0.564. The first-order chi connectivity index (χ1) is 7.19. The third-order valence-corrected chi connectivity index (χ3v) is 1.86. The van der Waals surface area contributed by atoms with E-state index in [0.717, 1.165) is 0 Å². The van der Waals surface area contributed by atoms with Gasteiger partial charge in [0, 0.05) is 5.56 Å². The molecule has 0 aliphatic rings. The number of alkyl halides is 1. The fourth-order valence-corrected chi connectivity index (χ4v) is 1.10. The van der Waals surface area contributed by atoms with Gasteiger partial charge in [-0.3, -0.25) is 4.79 Å². The van der Waals surface area contributed by atoms with Crippen LogP contribution in [0.15, 0.2) is 24.3 Å². The Morgan fingerprint density at radius 3 is 2.53 bits per heavy atom. The molecular weight excluding hydrogens is 199 g/mol. The molecule has 0 aliphatic heterocycles. The van der Waals surface area contributed by atoms with Crippen molar-refractivity contribution < 1.29 is 18.7 Å². The lowest BCUT2D eigenvalue weighted by Crippen LogP contribution is -2.11. The molecule has 0 aliphatic carbocycles. The Hall–Kier alpha value is -1.71. The maximum atomic E-state index is 13.4. The normalized spacial score (nSPS) is 11.9. The highest BCUT2D eigenvalue weighted by atomic mass is 19.1. The van der Waals surface area contributed by atoms with Crippen LogP contribution in [-0.4, -0.2) is 18.9 Å². The second-order valence-corrected chi connectivity index (χ2v) is 2.90. The molecule has 0 radical (unpaired) electrons. The number of halogens is 1. The van der Waals surface area contributed by atoms with E-state index < -0.39 is 12.1 Å². The number of benzene rings is 1. The van der Waals surface area contributed by atoms with Gasteiger partial charge in [-0.2, -0.15) is 0 Å². The van der Waals surface area contributed by atoms with Crippen LogP contribution in [0.25, 0.3) is 0 Å². The van der Waals surface area contributed by atoms with E-state index in [1.807, 2.05) is 0 Å². The number of carbonyl (C=O) groups is 2. The van der Waals surface area contributed by atoms with Gasteiger partial charge >= 0.3 is 5.97 Å². The first kappa shape index (κ1) is 11.4. The zero-order chi connectivity index (χ0) is 11.3. The predicted molar refractivity (Wildman–Crippen MR) is 52.3 cm³/mol. The number of ether oxygens (including phenoxy) is 1. The van der Waals surface area contributed by atoms with Crippen molar-refractivity contribution in [2.24, 2.45) is 0 Å². The Labute approximate surface area is 86.9 Å². The van der Waals surface area contributed by atoms with E-state index in [9.17, 15) is 14.0 Å². The molecule has 1 aromatic carbocycles. The molecule has 0 saturated heterocycles. The van der Waals surface area contributed by atoms with E-state index in [1.165, 1.54) is 24.3 Å². The van der Waals surface area contributed by atoms with Gasteiger partial charge in [0.1, 0.15) is 6.29 Å². The summed E-state index contributed by atoms with van der Waals surface area (Å²) in [5.74, 6) is -0.906. The van der Waals surface area contributed by atoms with Gasteiger partial charge in [-0.1, -0.05) is 24.3 Å². The monoisotopic (exact) mass is 210 g/mol. The van der Waals surface area contributed by atoms with Crippen LogP contribution in [0.3, 0.4) is 0 Å². The lowest BCUT2D eigenvalue weighted by molar-refractivity contribution is -0.149. The van der Waals surface area contributed by atoms with Gasteiger partial charge < -0.3 is 4.74 Å². The van der Waals surface area contributed by atoms with Crippen molar-refractivity contribution >= 4 is 12.3 Å². The van der Waals surface area contributed by atoms with E-state index in [-0.39, 0.29) is 12.2 Å². The summed E-state index contributed by atoms with van der Waals surface area (Å²) in [6, 6.07) is 5.69. The summed E-state index contributed by atoms with van der Waals surface area (Å²) in [5, 5.41) is 0. The number of hydrogen-bond donors (Lipinski definition) is 0. The average molecular weight is 210 g/mol.